The number of fused-ring (bicyclic) bond motifs is 3. The van der Waals surface area contributed by atoms with Gasteiger partial charge in [0.25, 0.3) is 22.4 Å². The molecule has 3 rings (SSSR count). The minimum Gasteiger partial charge on any atom is -0.398 e. The molecule has 0 saturated carbocycles. The Hall–Kier alpha value is -4.06. The number of alkyl halides is 24. The van der Waals surface area contributed by atoms with Gasteiger partial charge in [0.05, 0.1) is 0 Å². The number of benzene rings is 3. The molecule has 318 valence electrons. The third-order valence-electron chi connectivity index (χ3n) is 8.30. The van der Waals surface area contributed by atoms with Crippen LogP contribution in [0, 0.1) is 0 Å². The van der Waals surface area contributed by atoms with Crippen LogP contribution in [0.4, 0.5) is 117 Å². The topological polar surface area (TPSA) is 133 Å². The fraction of sp³-hybridized carbons (Fsp3) is 0.462. The molecule has 8 N–H and O–H groups in total. The van der Waals surface area contributed by atoms with E-state index >= 15 is 0 Å². The summed E-state index contributed by atoms with van der Waals surface area (Å²) in [5.41, 5.74) is -38.8. The van der Waals surface area contributed by atoms with Crippen LogP contribution in [0.2, 0.25) is 0 Å². The molecule has 0 aliphatic carbocycles. The molecule has 0 unspecified atom stereocenters. The summed E-state index contributed by atoms with van der Waals surface area (Å²) in [4.78, 5) is 0. The van der Waals surface area contributed by atoms with Gasteiger partial charge < -0.3 is 31.9 Å². The summed E-state index contributed by atoms with van der Waals surface area (Å²) >= 11 is 0. The van der Waals surface area contributed by atoms with Crippen LogP contribution in [-0.4, -0.2) is 69.8 Å². The first-order chi connectivity index (χ1) is 24.3. The second kappa shape index (κ2) is 12.2. The number of halogens is 24. The highest BCUT2D eigenvalue weighted by molar-refractivity contribution is 6.17. The lowest BCUT2D eigenvalue weighted by molar-refractivity contribution is -0.379. The van der Waals surface area contributed by atoms with Crippen LogP contribution in [0.3, 0.4) is 0 Å². The van der Waals surface area contributed by atoms with E-state index in [9.17, 15) is 126 Å². The second-order valence-corrected chi connectivity index (χ2v) is 11.5. The van der Waals surface area contributed by atoms with E-state index in [0.29, 0.717) is 0 Å². The van der Waals surface area contributed by atoms with Gasteiger partial charge in [-0.15, -0.1) is 0 Å². The second-order valence-electron chi connectivity index (χ2n) is 11.5. The molecule has 0 saturated heterocycles. The first-order valence-electron chi connectivity index (χ1n) is 13.3. The van der Waals surface area contributed by atoms with Gasteiger partial charge in [-0.2, -0.15) is 105 Å². The van der Waals surface area contributed by atoms with Crippen molar-refractivity contribution in [2.24, 2.45) is 0 Å². The molecule has 0 radical (unpaired) electrons. The molecule has 6 nitrogen and oxygen atoms in total. The molecule has 0 aromatic heterocycles. The molecule has 0 heterocycles. The van der Waals surface area contributed by atoms with Crippen molar-refractivity contribution < 1.29 is 126 Å². The maximum Gasteiger partial charge on any atom is 0.430 e. The monoisotopic (exact) mass is 872 g/mol. The van der Waals surface area contributed by atoms with E-state index in [1.807, 2.05) is 0 Å². The zero-order valence-corrected chi connectivity index (χ0v) is 25.3. The van der Waals surface area contributed by atoms with Crippen LogP contribution in [-0.2, 0) is 22.4 Å². The predicted molar refractivity (Wildman–Crippen MR) is 134 cm³/mol. The number of hydrogen-bond acceptors (Lipinski definition) is 6. The first kappa shape index (κ1) is 46.3. The van der Waals surface area contributed by atoms with E-state index in [4.69, 9.17) is 11.5 Å². The van der Waals surface area contributed by atoms with E-state index < -0.39 is 151 Å². The van der Waals surface area contributed by atoms with E-state index in [1.165, 1.54) is 0 Å². The Morgan fingerprint density at radius 1 is 0.339 bits per heavy atom. The molecule has 0 spiro atoms. The number of hydrogen-bond donors (Lipinski definition) is 6. The Balaban J connectivity index is 3.18. The van der Waals surface area contributed by atoms with Gasteiger partial charge in [0.1, 0.15) is 0 Å². The highest BCUT2D eigenvalue weighted by Gasteiger charge is 2.77. The zero-order chi connectivity index (χ0) is 44.6. The predicted octanol–water partition coefficient (Wildman–Crippen LogP) is 8.41. The van der Waals surface area contributed by atoms with Gasteiger partial charge in [0.2, 0.25) is 0 Å². The van der Waals surface area contributed by atoms with Crippen molar-refractivity contribution >= 4 is 32.9 Å². The number of aliphatic hydroxyl groups is 4. The standard InChI is InChI=1S/C26H12F24N2O4/c27-19(28,29)15(53,20(30,31)32)7-4-9(17(55,23(39,40)41)24(42,43)44)13(51)6-2-1-5-3-8(16(54,21(33,34)35)22(36,37)38)14(52)12(10(5)11(6)7)18(56,25(45,46)47)26(48,49)50/h1-4,53-56H,51-52H2. The minimum absolute atomic E-state index is 0.588. The molecular weight excluding hydrogens is 860 g/mol. The van der Waals surface area contributed by atoms with Crippen molar-refractivity contribution in [1.29, 1.82) is 0 Å². The number of nitrogen functional groups attached to an aromatic ring is 2. The van der Waals surface area contributed by atoms with Crippen LogP contribution >= 0.6 is 0 Å². The molecule has 30 heteroatoms. The van der Waals surface area contributed by atoms with Gasteiger partial charge in [0.15, 0.2) is 0 Å². The van der Waals surface area contributed by atoms with E-state index in [2.05, 4.69) is 0 Å². The summed E-state index contributed by atoms with van der Waals surface area (Å²) in [7, 11) is 0. The van der Waals surface area contributed by atoms with Crippen LogP contribution in [0.1, 0.15) is 22.3 Å². The normalized spacial score (nSPS) is 15.6. The van der Waals surface area contributed by atoms with Crippen LogP contribution in [0.25, 0.3) is 21.5 Å². The van der Waals surface area contributed by atoms with Gasteiger partial charge >= 0.3 is 49.4 Å². The third kappa shape index (κ3) is 6.02. The summed E-state index contributed by atoms with van der Waals surface area (Å²) in [6.45, 7) is 0. The fourth-order valence-electron chi connectivity index (χ4n) is 5.56. The molecule has 0 amide bonds. The molecule has 3 aromatic carbocycles. The summed E-state index contributed by atoms with van der Waals surface area (Å²) < 4.78 is 338. The number of rotatable bonds is 4. The van der Waals surface area contributed by atoms with Gasteiger partial charge in [-0.05, 0) is 28.3 Å². The first-order valence-corrected chi connectivity index (χ1v) is 13.3. The van der Waals surface area contributed by atoms with Crippen LogP contribution < -0.4 is 11.5 Å². The molecular formula is C26H12F24N2O4. The van der Waals surface area contributed by atoms with Crippen LogP contribution in [0.15, 0.2) is 24.3 Å². The smallest absolute Gasteiger partial charge is 0.398 e. The summed E-state index contributed by atoms with van der Waals surface area (Å²) in [5, 5.41) is 29.0. The Labute approximate surface area is 289 Å². The molecule has 0 fully saturated rings. The highest BCUT2D eigenvalue weighted by atomic mass is 19.4. The van der Waals surface area contributed by atoms with E-state index in [1.54, 1.807) is 0 Å². The SMILES string of the molecule is Nc1c(C(O)(C(F)(F)F)C(F)(F)F)cc2ccc3c(N)c(C(O)(C(F)(F)F)C(F)(F)F)cc(C(O)(C(F)(F)F)C(F)(F)F)c3c2c1C(O)(C(F)(F)F)C(F)(F)F. The lowest BCUT2D eigenvalue weighted by Gasteiger charge is -2.40. The van der Waals surface area contributed by atoms with Gasteiger partial charge in [-0.25, -0.2) is 0 Å². The van der Waals surface area contributed by atoms with Gasteiger partial charge in [-0.3, -0.25) is 0 Å². The molecule has 0 atom stereocenters. The van der Waals surface area contributed by atoms with Crippen molar-refractivity contribution in [3.8, 4) is 0 Å². The molecule has 56 heavy (non-hydrogen) atoms. The maximum absolute atomic E-state index is 14.3. The summed E-state index contributed by atoms with van der Waals surface area (Å²) in [6, 6.07) is -4.13. The van der Waals surface area contributed by atoms with Crippen molar-refractivity contribution in [3.63, 3.8) is 0 Å². The molecule has 0 aliphatic heterocycles. The highest BCUT2D eigenvalue weighted by Crippen LogP contribution is 2.62. The van der Waals surface area contributed by atoms with Gasteiger partial charge in [0, 0.05) is 39.0 Å². The molecule has 0 aliphatic rings. The van der Waals surface area contributed by atoms with Crippen molar-refractivity contribution in [2.75, 3.05) is 11.5 Å². The van der Waals surface area contributed by atoms with E-state index in [0.717, 1.165) is 0 Å². The Kier molecular flexibility index (Phi) is 10.1. The van der Waals surface area contributed by atoms with Crippen molar-refractivity contribution in [2.45, 2.75) is 71.8 Å². The third-order valence-corrected chi connectivity index (χ3v) is 8.30. The average molecular weight is 872 g/mol. The summed E-state index contributed by atoms with van der Waals surface area (Å²) in [5.74, 6) is 0. The lowest BCUT2D eigenvalue weighted by Crippen LogP contribution is -2.57. The quantitative estimate of drug-likeness (QED) is 0.0887. The summed E-state index contributed by atoms with van der Waals surface area (Å²) in [6.07, 6.45) is -60.2. The van der Waals surface area contributed by atoms with Crippen molar-refractivity contribution in [3.05, 3.63) is 46.5 Å². The lowest BCUT2D eigenvalue weighted by atomic mass is 9.75. The van der Waals surface area contributed by atoms with Gasteiger partial charge in [-0.1, -0.05) is 12.1 Å². The average Bonchev–Trinajstić information content (AvgIpc) is 2.94. The maximum atomic E-state index is 14.3. The molecule has 0 bridgehead atoms. The van der Waals surface area contributed by atoms with Crippen LogP contribution in [0.5, 0.6) is 0 Å². The zero-order valence-electron chi connectivity index (χ0n) is 25.3. The Morgan fingerprint density at radius 2 is 0.625 bits per heavy atom. The van der Waals surface area contributed by atoms with E-state index in [-0.39, 0.29) is 0 Å². The fourth-order valence-corrected chi connectivity index (χ4v) is 5.56. The van der Waals surface area contributed by atoms with Crippen molar-refractivity contribution in [1.82, 2.24) is 0 Å². The minimum atomic E-state index is -7.70. The number of anilines is 2. The Morgan fingerprint density at radius 3 is 0.929 bits per heavy atom. The number of nitrogens with two attached hydrogens (primary N) is 2. The molecule has 3 aromatic rings. The Bertz CT molecular complexity index is 1940. The largest absolute Gasteiger partial charge is 0.430 e.